The van der Waals surface area contributed by atoms with Gasteiger partial charge in [0.05, 0.1) is 0 Å². The quantitative estimate of drug-likeness (QED) is 0.482. The lowest BCUT2D eigenvalue weighted by molar-refractivity contribution is 0.474. The van der Waals surface area contributed by atoms with E-state index in [1.165, 1.54) is 0 Å². The van der Waals surface area contributed by atoms with E-state index in [1.54, 1.807) is 0 Å². The minimum Gasteiger partial charge on any atom is -0.543 e. The summed E-state index contributed by atoms with van der Waals surface area (Å²) in [5.74, 6) is 1.80. The van der Waals surface area contributed by atoms with Crippen LogP contribution in [0.15, 0.2) is 22.7 Å². The van der Waals surface area contributed by atoms with Crippen molar-refractivity contribution in [3.8, 4) is 11.5 Å². The fourth-order valence-corrected chi connectivity index (χ4v) is 4.03. The Hall–Kier alpha value is -0.266. The molecule has 0 saturated carbocycles. The van der Waals surface area contributed by atoms with Crippen molar-refractivity contribution in [3.63, 3.8) is 0 Å². The first-order chi connectivity index (χ1) is 10.1. The molecule has 0 atom stereocenters. The lowest BCUT2D eigenvalue weighted by atomic mass is 10.2. The number of rotatable bonds is 4. The van der Waals surface area contributed by atoms with Gasteiger partial charge in [0.25, 0.3) is 0 Å². The van der Waals surface area contributed by atoms with Gasteiger partial charge in [-0.3, -0.25) is 0 Å². The van der Waals surface area contributed by atoms with Crippen molar-refractivity contribution in [3.05, 3.63) is 22.7 Å². The highest BCUT2D eigenvalue weighted by molar-refractivity contribution is 9.10. The molecule has 1 aromatic rings. The first-order valence-corrected chi connectivity index (χ1v) is 14.8. The molecular weight excluding hydrogens is 384 g/mol. The van der Waals surface area contributed by atoms with Crippen LogP contribution < -0.4 is 8.85 Å². The molecule has 0 amide bonds. The third-order valence-corrected chi connectivity index (χ3v) is 14.4. The molecule has 0 unspecified atom stereocenters. The number of hydrogen-bond donors (Lipinski definition) is 0. The van der Waals surface area contributed by atoms with E-state index in [0.717, 1.165) is 16.0 Å². The maximum absolute atomic E-state index is 6.43. The van der Waals surface area contributed by atoms with E-state index < -0.39 is 16.6 Å². The van der Waals surface area contributed by atoms with Crippen LogP contribution in [-0.4, -0.2) is 16.6 Å². The summed E-state index contributed by atoms with van der Waals surface area (Å²) in [5, 5.41) is 0.353. The molecule has 0 spiro atoms. The minimum atomic E-state index is -1.85. The Kier molecular flexibility index (Phi) is 5.93. The Bertz CT molecular complexity index is 509. The standard InChI is InChI=1S/C18H33BrO2Si2/c1-17(2,3)22(7,8)20-15-11-14(19)12-16(13-15)21-23(9,10)18(4,5)6/h11-13H,1-10H3. The lowest BCUT2D eigenvalue weighted by Gasteiger charge is -2.38. The topological polar surface area (TPSA) is 18.5 Å². The van der Waals surface area contributed by atoms with Crippen molar-refractivity contribution in [2.75, 3.05) is 0 Å². The molecule has 1 rings (SSSR count). The molecule has 23 heavy (non-hydrogen) atoms. The van der Waals surface area contributed by atoms with E-state index in [9.17, 15) is 0 Å². The number of halogens is 1. The first kappa shape index (κ1) is 20.8. The van der Waals surface area contributed by atoms with E-state index in [0.29, 0.717) is 0 Å². The normalized spacial score (nSPS) is 13.9. The van der Waals surface area contributed by atoms with E-state index in [2.05, 4.69) is 83.7 Å². The van der Waals surface area contributed by atoms with Crippen molar-refractivity contribution < 1.29 is 8.85 Å². The van der Waals surface area contributed by atoms with E-state index in [1.807, 2.05) is 18.2 Å². The van der Waals surface area contributed by atoms with Gasteiger partial charge in [-0.25, -0.2) is 0 Å². The molecule has 1 aromatic carbocycles. The first-order valence-electron chi connectivity index (χ1n) is 8.24. The highest BCUT2D eigenvalue weighted by Gasteiger charge is 2.40. The number of benzene rings is 1. The van der Waals surface area contributed by atoms with Gasteiger partial charge in [0, 0.05) is 10.5 Å². The van der Waals surface area contributed by atoms with Crippen LogP contribution in [0.4, 0.5) is 0 Å². The molecule has 0 aliphatic heterocycles. The van der Waals surface area contributed by atoms with Gasteiger partial charge in [-0.05, 0) is 48.4 Å². The van der Waals surface area contributed by atoms with E-state index in [4.69, 9.17) is 8.85 Å². The second-order valence-electron chi connectivity index (χ2n) is 9.35. The second kappa shape index (κ2) is 6.56. The largest absolute Gasteiger partial charge is 0.543 e. The Morgan fingerprint density at radius 1 is 0.696 bits per heavy atom. The molecule has 0 heterocycles. The molecule has 0 aliphatic rings. The summed E-state index contributed by atoms with van der Waals surface area (Å²) in [6, 6.07) is 6.13. The summed E-state index contributed by atoms with van der Waals surface area (Å²) in [5.41, 5.74) is 0. The summed E-state index contributed by atoms with van der Waals surface area (Å²) in [6.07, 6.45) is 0. The third kappa shape index (κ3) is 5.36. The van der Waals surface area contributed by atoms with Gasteiger partial charge in [-0.1, -0.05) is 57.5 Å². The minimum absolute atomic E-state index is 0.176. The van der Waals surface area contributed by atoms with Crippen molar-refractivity contribution in [2.24, 2.45) is 0 Å². The Morgan fingerprint density at radius 2 is 1.00 bits per heavy atom. The summed E-state index contributed by atoms with van der Waals surface area (Å²) < 4.78 is 13.9. The highest BCUT2D eigenvalue weighted by Crippen LogP contribution is 2.41. The molecule has 0 aromatic heterocycles. The predicted octanol–water partition coefficient (Wildman–Crippen LogP) is 7.22. The smallest absolute Gasteiger partial charge is 0.250 e. The van der Waals surface area contributed by atoms with Crippen LogP contribution in [0, 0.1) is 0 Å². The van der Waals surface area contributed by atoms with Crippen molar-refractivity contribution >= 4 is 32.6 Å². The predicted molar refractivity (Wildman–Crippen MR) is 110 cm³/mol. The van der Waals surface area contributed by atoms with Crippen molar-refractivity contribution in [2.45, 2.75) is 77.8 Å². The van der Waals surface area contributed by atoms with Gasteiger partial charge in [0.2, 0.25) is 16.6 Å². The van der Waals surface area contributed by atoms with Crippen LogP contribution in [-0.2, 0) is 0 Å². The number of hydrogen-bond acceptors (Lipinski definition) is 2. The molecule has 0 N–H and O–H groups in total. The zero-order valence-electron chi connectivity index (χ0n) is 16.4. The van der Waals surface area contributed by atoms with E-state index in [-0.39, 0.29) is 10.1 Å². The van der Waals surface area contributed by atoms with Crippen LogP contribution in [0.5, 0.6) is 11.5 Å². The molecule has 0 fully saturated rings. The highest BCUT2D eigenvalue weighted by atomic mass is 79.9. The van der Waals surface area contributed by atoms with Crippen LogP contribution in [0.25, 0.3) is 0 Å². The summed E-state index contributed by atoms with van der Waals surface area (Å²) in [7, 11) is -3.70. The van der Waals surface area contributed by atoms with Crippen LogP contribution in [0.1, 0.15) is 41.5 Å². The Labute approximate surface area is 153 Å². The Balaban J connectivity index is 3.10. The second-order valence-corrected chi connectivity index (χ2v) is 19.7. The van der Waals surface area contributed by atoms with Gasteiger partial charge in [0.1, 0.15) is 11.5 Å². The Morgan fingerprint density at radius 3 is 1.26 bits per heavy atom. The maximum atomic E-state index is 6.43. The summed E-state index contributed by atoms with van der Waals surface area (Å²) >= 11 is 3.60. The molecule has 132 valence electrons. The van der Waals surface area contributed by atoms with Gasteiger partial charge in [-0.2, -0.15) is 0 Å². The average molecular weight is 418 g/mol. The molecule has 0 aliphatic carbocycles. The lowest BCUT2D eigenvalue weighted by Crippen LogP contribution is -2.44. The molecule has 2 nitrogen and oxygen atoms in total. The zero-order valence-corrected chi connectivity index (χ0v) is 20.0. The molecule has 0 radical (unpaired) electrons. The third-order valence-electron chi connectivity index (χ3n) is 5.20. The summed E-state index contributed by atoms with van der Waals surface area (Å²) in [4.78, 5) is 0. The molecule has 0 bridgehead atoms. The van der Waals surface area contributed by atoms with Crippen molar-refractivity contribution in [1.82, 2.24) is 0 Å². The van der Waals surface area contributed by atoms with Crippen LogP contribution in [0.3, 0.4) is 0 Å². The SMILES string of the molecule is CC(C)(C)[Si](C)(C)Oc1cc(Br)cc(O[Si](C)(C)C(C)(C)C)c1. The fourth-order valence-electron chi connectivity index (χ4n) is 1.55. The van der Waals surface area contributed by atoms with Crippen LogP contribution in [0.2, 0.25) is 36.3 Å². The zero-order chi connectivity index (χ0) is 18.3. The average Bonchev–Trinajstić information content (AvgIpc) is 2.22. The summed E-state index contributed by atoms with van der Waals surface area (Å²) in [6.45, 7) is 22.6. The van der Waals surface area contributed by atoms with Gasteiger partial charge < -0.3 is 8.85 Å². The molecular formula is C18H33BrO2Si2. The van der Waals surface area contributed by atoms with Gasteiger partial charge in [-0.15, -0.1) is 0 Å². The van der Waals surface area contributed by atoms with E-state index >= 15 is 0 Å². The van der Waals surface area contributed by atoms with Gasteiger partial charge >= 0.3 is 0 Å². The van der Waals surface area contributed by atoms with Crippen molar-refractivity contribution in [1.29, 1.82) is 0 Å². The molecule has 0 saturated heterocycles. The molecule has 5 heteroatoms. The fraction of sp³-hybridized carbons (Fsp3) is 0.667. The maximum Gasteiger partial charge on any atom is 0.250 e. The van der Waals surface area contributed by atoms with Gasteiger partial charge in [0.15, 0.2) is 0 Å². The van der Waals surface area contributed by atoms with Crippen LogP contribution >= 0.6 is 15.9 Å². The monoisotopic (exact) mass is 416 g/mol.